The summed E-state index contributed by atoms with van der Waals surface area (Å²) in [5.41, 5.74) is 0. The SMILES string of the molecule is C#CCC(=O)NCCOCCOCCOCCOCCOCCOCCOCCOCCOCCOCCOCCOCCC(=O)ON1C(=O)CCC1=O. The number of amides is 3. The van der Waals surface area contributed by atoms with E-state index in [2.05, 4.69) is 11.2 Å². The van der Waals surface area contributed by atoms with Crippen molar-refractivity contribution in [3.05, 3.63) is 0 Å². The van der Waals surface area contributed by atoms with Gasteiger partial charge in [0.05, 0.1) is 171 Å². The summed E-state index contributed by atoms with van der Waals surface area (Å²) in [5.74, 6) is 0.362. The zero-order valence-corrected chi connectivity index (χ0v) is 31.5. The first kappa shape index (κ1) is 49.2. The molecule has 1 saturated heterocycles. The number of terminal acetylenes is 1. The highest BCUT2D eigenvalue weighted by molar-refractivity contribution is 6.01. The molecule has 0 atom stereocenters. The van der Waals surface area contributed by atoms with E-state index >= 15 is 0 Å². The lowest BCUT2D eigenvalue weighted by Gasteiger charge is -2.12. The number of hydrogen-bond acceptors (Lipinski definition) is 17. The molecule has 1 fully saturated rings. The molecule has 0 aliphatic carbocycles. The van der Waals surface area contributed by atoms with Crippen LogP contribution in [0.5, 0.6) is 0 Å². The van der Waals surface area contributed by atoms with E-state index in [-0.39, 0.29) is 44.8 Å². The molecule has 3 amide bonds. The highest BCUT2D eigenvalue weighted by atomic mass is 16.7. The van der Waals surface area contributed by atoms with Crippen molar-refractivity contribution in [3.8, 4) is 12.3 Å². The third-order valence-corrected chi connectivity index (χ3v) is 6.57. The number of carbonyl (C=O) groups is 4. The van der Waals surface area contributed by atoms with Crippen LogP contribution in [0.2, 0.25) is 0 Å². The predicted octanol–water partition coefficient (Wildman–Crippen LogP) is -0.678. The predicted molar refractivity (Wildman–Crippen MR) is 188 cm³/mol. The zero-order chi connectivity index (χ0) is 39.0. The van der Waals surface area contributed by atoms with Crippen molar-refractivity contribution in [2.75, 3.05) is 165 Å². The van der Waals surface area contributed by atoms with Crippen LogP contribution in [0, 0.1) is 12.3 Å². The molecule has 0 radical (unpaired) electrons. The number of carbonyl (C=O) groups excluding carboxylic acids is 4. The van der Waals surface area contributed by atoms with Gasteiger partial charge in [0.1, 0.15) is 0 Å². The van der Waals surface area contributed by atoms with Gasteiger partial charge in [-0.15, -0.1) is 11.5 Å². The molecule has 0 saturated carbocycles. The number of nitrogens with zero attached hydrogens (tertiary/aromatic N) is 1. The van der Waals surface area contributed by atoms with Gasteiger partial charge in [-0.1, -0.05) is 5.92 Å². The van der Waals surface area contributed by atoms with E-state index in [1.54, 1.807) is 0 Å². The first-order valence-corrected chi connectivity index (χ1v) is 18.2. The maximum absolute atomic E-state index is 11.7. The molecule has 0 aromatic rings. The van der Waals surface area contributed by atoms with Crippen molar-refractivity contribution < 1.29 is 80.9 Å². The lowest BCUT2D eigenvalue weighted by molar-refractivity contribution is -0.198. The standard InChI is InChI=1S/C35H60N2O17/c1-2-3-32(38)36-7-9-43-11-13-45-15-17-47-19-21-49-23-25-51-27-29-53-31-30-52-28-26-50-24-22-48-20-18-46-16-14-44-12-10-42-8-6-35(41)54-37-33(39)4-5-34(37)40/h1H,3-31H2,(H,36,38). The second-order valence-electron chi connectivity index (χ2n) is 10.9. The van der Waals surface area contributed by atoms with Crippen LogP contribution in [0.15, 0.2) is 0 Å². The third-order valence-electron chi connectivity index (χ3n) is 6.57. The molecule has 54 heavy (non-hydrogen) atoms. The van der Waals surface area contributed by atoms with Gasteiger partial charge in [0, 0.05) is 19.4 Å². The number of rotatable bonds is 41. The monoisotopic (exact) mass is 780 g/mol. The minimum atomic E-state index is -0.703. The average Bonchev–Trinajstić information content (AvgIpc) is 3.48. The molecule has 0 unspecified atom stereocenters. The van der Waals surface area contributed by atoms with Crippen molar-refractivity contribution in [2.45, 2.75) is 25.7 Å². The third kappa shape index (κ3) is 32.6. The molecule has 0 bridgehead atoms. The van der Waals surface area contributed by atoms with Gasteiger partial charge in [-0.3, -0.25) is 14.4 Å². The van der Waals surface area contributed by atoms with E-state index in [9.17, 15) is 19.2 Å². The fourth-order valence-corrected chi connectivity index (χ4v) is 3.90. The normalized spacial score (nSPS) is 12.8. The Morgan fingerprint density at radius 2 is 0.759 bits per heavy atom. The number of nitrogens with one attached hydrogen (secondary N) is 1. The van der Waals surface area contributed by atoms with Crippen LogP contribution in [0.1, 0.15) is 25.7 Å². The molecule has 19 heteroatoms. The van der Waals surface area contributed by atoms with Gasteiger partial charge in [-0.2, -0.15) is 0 Å². The quantitative estimate of drug-likeness (QED) is 0.0464. The Balaban J connectivity index is 1.64. The lowest BCUT2D eigenvalue weighted by Crippen LogP contribution is -2.32. The highest BCUT2D eigenvalue weighted by Gasteiger charge is 2.32. The van der Waals surface area contributed by atoms with Gasteiger partial charge in [0.2, 0.25) is 5.91 Å². The molecule has 1 N–H and O–H groups in total. The topological polar surface area (TPSA) is 204 Å². The maximum atomic E-state index is 11.7. The van der Waals surface area contributed by atoms with Crippen LogP contribution in [-0.2, 0) is 80.9 Å². The second-order valence-corrected chi connectivity index (χ2v) is 10.9. The Morgan fingerprint density at radius 3 is 1.06 bits per heavy atom. The minimum Gasteiger partial charge on any atom is -0.378 e. The largest absolute Gasteiger partial charge is 0.378 e. The fraction of sp³-hybridized carbons (Fsp3) is 0.829. The summed E-state index contributed by atoms with van der Waals surface area (Å²) in [6.07, 6.45) is 5.15. The summed E-state index contributed by atoms with van der Waals surface area (Å²) in [5, 5.41) is 3.16. The highest BCUT2D eigenvalue weighted by Crippen LogP contribution is 2.12. The van der Waals surface area contributed by atoms with Gasteiger partial charge in [-0.25, -0.2) is 4.79 Å². The van der Waals surface area contributed by atoms with Gasteiger partial charge in [0.25, 0.3) is 11.8 Å². The molecule has 1 heterocycles. The number of hydroxylamine groups is 2. The summed E-state index contributed by atoms with van der Waals surface area (Å²) in [4.78, 5) is 50.4. The van der Waals surface area contributed by atoms with E-state index in [1.807, 2.05) is 0 Å². The number of imide groups is 1. The van der Waals surface area contributed by atoms with Crippen molar-refractivity contribution in [3.63, 3.8) is 0 Å². The van der Waals surface area contributed by atoms with Crippen LogP contribution in [0.25, 0.3) is 0 Å². The molecule has 1 aliphatic heterocycles. The molecule has 0 spiro atoms. The Bertz CT molecular complexity index is 968. The molecule has 0 aromatic carbocycles. The van der Waals surface area contributed by atoms with Crippen molar-refractivity contribution in [1.29, 1.82) is 0 Å². The van der Waals surface area contributed by atoms with Crippen molar-refractivity contribution >= 4 is 23.7 Å². The Hall–Kier alpha value is -2.84. The molecule has 312 valence electrons. The van der Waals surface area contributed by atoms with Crippen molar-refractivity contribution in [2.24, 2.45) is 0 Å². The van der Waals surface area contributed by atoms with Gasteiger partial charge >= 0.3 is 5.97 Å². The average molecular weight is 781 g/mol. The van der Waals surface area contributed by atoms with Gasteiger partial charge in [-0.05, 0) is 0 Å². The zero-order valence-electron chi connectivity index (χ0n) is 31.5. The minimum absolute atomic E-state index is 0.0550. The summed E-state index contributed by atoms with van der Waals surface area (Å²) in [7, 11) is 0. The van der Waals surface area contributed by atoms with Crippen LogP contribution in [0.3, 0.4) is 0 Å². The molecule has 1 rings (SSSR count). The van der Waals surface area contributed by atoms with E-state index in [4.69, 9.17) is 68.1 Å². The van der Waals surface area contributed by atoms with Crippen LogP contribution >= 0.6 is 0 Å². The molecule has 19 nitrogen and oxygen atoms in total. The molecule has 1 aliphatic rings. The summed E-state index contributed by atoms with van der Waals surface area (Å²) in [6.45, 7) is 10.6. The Kier molecular flexibility index (Phi) is 35.0. The van der Waals surface area contributed by atoms with Crippen LogP contribution < -0.4 is 5.32 Å². The second kappa shape index (κ2) is 38.4. The van der Waals surface area contributed by atoms with E-state index < -0.39 is 17.8 Å². The first-order chi connectivity index (χ1) is 26.5. The van der Waals surface area contributed by atoms with E-state index in [1.165, 1.54) is 0 Å². The molecular formula is C35H60N2O17. The van der Waals surface area contributed by atoms with Gasteiger partial charge < -0.3 is 67.0 Å². The van der Waals surface area contributed by atoms with Gasteiger partial charge in [0.15, 0.2) is 0 Å². The smallest absolute Gasteiger partial charge is 0.335 e. The summed E-state index contributed by atoms with van der Waals surface area (Å²) >= 11 is 0. The number of hydrogen-bond donors (Lipinski definition) is 1. The molecular weight excluding hydrogens is 720 g/mol. The fourth-order valence-electron chi connectivity index (χ4n) is 3.90. The summed E-state index contributed by atoms with van der Waals surface area (Å²) < 4.78 is 65.0. The van der Waals surface area contributed by atoms with E-state index in [0.717, 1.165) is 0 Å². The molecule has 0 aromatic heterocycles. The first-order valence-electron chi connectivity index (χ1n) is 18.2. The Morgan fingerprint density at radius 1 is 0.481 bits per heavy atom. The van der Waals surface area contributed by atoms with Crippen LogP contribution in [-0.4, -0.2) is 194 Å². The maximum Gasteiger partial charge on any atom is 0.335 e. The number of ether oxygens (including phenoxy) is 12. The summed E-state index contributed by atoms with van der Waals surface area (Å²) in [6, 6.07) is 0. The van der Waals surface area contributed by atoms with E-state index in [0.29, 0.717) is 157 Å². The van der Waals surface area contributed by atoms with Crippen LogP contribution in [0.4, 0.5) is 0 Å². The van der Waals surface area contributed by atoms with Crippen molar-refractivity contribution in [1.82, 2.24) is 10.4 Å². The Labute approximate surface area is 318 Å². The lowest BCUT2D eigenvalue weighted by atomic mass is 10.4.